The van der Waals surface area contributed by atoms with Crippen molar-refractivity contribution in [3.63, 3.8) is 0 Å². The average molecular weight is 537 g/mol. The molecular formula is C26H28N6O3S2. The first-order valence-corrected chi connectivity index (χ1v) is 14.3. The number of likely N-dealkylation sites (tertiary alicyclic amines) is 1. The first-order chi connectivity index (χ1) is 18.1. The molecule has 2 fully saturated rings. The molecule has 11 heteroatoms. The van der Waals surface area contributed by atoms with Crippen molar-refractivity contribution in [2.24, 2.45) is 0 Å². The number of ether oxygens (including phenoxy) is 1. The Morgan fingerprint density at radius 1 is 0.973 bits per heavy atom. The summed E-state index contributed by atoms with van der Waals surface area (Å²) in [4.78, 5) is 32.9. The fraction of sp³-hybridized carbons (Fsp3) is 0.385. The second-order valence-corrected chi connectivity index (χ2v) is 11.2. The van der Waals surface area contributed by atoms with Crippen LogP contribution in [0.2, 0.25) is 0 Å². The maximum atomic E-state index is 13.0. The molecule has 0 spiro atoms. The lowest BCUT2D eigenvalue weighted by Crippen LogP contribution is -2.54. The first kappa shape index (κ1) is 24.1. The average Bonchev–Trinajstić information content (AvgIpc) is 3.73. The van der Waals surface area contributed by atoms with Gasteiger partial charge in [0, 0.05) is 55.8 Å². The number of aromatic nitrogens is 3. The predicted octanol–water partition coefficient (Wildman–Crippen LogP) is 4.31. The second kappa shape index (κ2) is 10.6. The summed E-state index contributed by atoms with van der Waals surface area (Å²) in [6.07, 6.45) is 1.63. The van der Waals surface area contributed by atoms with E-state index in [0.717, 1.165) is 49.4 Å². The highest BCUT2D eigenvalue weighted by atomic mass is 32.1. The van der Waals surface area contributed by atoms with Crippen LogP contribution in [0.1, 0.15) is 28.1 Å². The number of nitrogens with one attached hydrogen (secondary N) is 1. The Bertz CT molecular complexity index is 1370. The molecule has 0 unspecified atom stereocenters. The van der Waals surface area contributed by atoms with E-state index in [2.05, 4.69) is 48.6 Å². The lowest BCUT2D eigenvalue weighted by atomic mass is 10.0. The van der Waals surface area contributed by atoms with Gasteiger partial charge in [-0.15, -0.1) is 16.4 Å². The molecule has 1 N–H and O–H groups in total. The van der Waals surface area contributed by atoms with Gasteiger partial charge in [-0.3, -0.25) is 14.8 Å². The fourth-order valence-electron chi connectivity index (χ4n) is 5.12. The van der Waals surface area contributed by atoms with E-state index in [9.17, 15) is 9.59 Å². The highest BCUT2D eigenvalue weighted by molar-refractivity contribution is 7.10. The number of carbonyl (C=O) groups excluding carboxylic acids is 2. The van der Waals surface area contributed by atoms with E-state index in [0.29, 0.717) is 36.8 Å². The molecule has 1 aromatic carbocycles. The molecular weight excluding hydrogens is 508 g/mol. The number of aromatic amines is 1. The third-order valence-corrected chi connectivity index (χ3v) is 8.85. The van der Waals surface area contributed by atoms with Crippen LogP contribution in [0.5, 0.6) is 0 Å². The number of carbonyl (C=O) groups is 2. The van der Waals surface area contributed by atoms with E-state index in [1.165, 1.54) is 11.1 Å². The smallest absolute Gasteiger partial charge is 0.410 e. The number of nitrogens with zero attached hydrogens (tertiary/aromatic N) is 5. The Balaban J connectivity index is 0.945. The van der Waals surface area contributed by atoms with Crippen LogP contribution in [0.15, 0.2) is 46.5 Å². The van der Waals surface area contributed by atoms with Gasteiger partial charge in [0.2, 0.25) is 0 Å². The SMILES string of the molecule is O=C(OCc1cc(-c2ccsc2)cs1)N1CCN(C2CCN(C(=O)c3ccc4[nH]nnc4c3)CC2)CC1. The van der Waals surface area contributed by atoms with Gasteiger partial charge in [0.15, 0.2) is 0 Å². The van der Waals surface area contributed by atoms with Crippen LogP contribution in [0.25, 0.3) is 22.2 Å². The van der Waals surface area contributed by atoms with Crippen LogP contribution >= 0.6 is 22.7 Å². The molecule has 6 rings (SSSR count). The fourth-order valence-corrected chi connectivity index (χ4v) is 6.59. The Morgan fingerprint density at radius 2 is 1.81 bits per heavy atom. The molecule has 192 valence electrons. The molecule has 2 amide bonds. The minimum atomic E-state index is -0.241. The zero-order valence-corrected chi connectivity index (χ0v) is 22.0. The molecule has 0 aliphatic carbocycles. The lowest BCUT2D eigenvalue weighted by Gasteiger charge is -2.42. The first-order valence-electron chi connectivity index (χ1n) is 12.5. The van der Waals surface area contributed by atoms with Crippen LogP contribution in [0.4, 0.5) is 4.79 Å². The number of piperazine rings is 1. The molecule has 3 aromatic heterocycles. The Kier molecular flexibility index (Phi) is 6.90. The van der Waals surface area contributed by atoms with Crippen molar-refractivity contribution >= 4 is 45.7 Å². The number of fused-ring (bicyclic) bond motifs is 1. The number of piperidine rings is 1. The summed E-state index contributed by atoms with van der Waals surface area (Å²) in [6.45, 7) is 4.77. The third kappa shape index (κ3) is 5.25. The maximum Gasteiger partial charge on any atom is 0.410 e. The highest BCUT2D eigenvalue weighted by Crippen LogP contribution is 2.28. The van der Waals surface area contributed by atoms with Crippen molar-refractivity contribution in [3.8, 4) is 11.1 Å². The van der Waals surface area contributed by atoms with Gasteiger partial charge in [-0.05, 0) is 70.4 Å². The van der Waals surface area contributed by atoms with Crippen molar-refractivity contribution in [1.29, 1.82) is 0 Å². The molecule has 4 aromatic rings. The standard InChI is InChI=1S/C26H28N6O3S2/c33-25(18-1-2-23-24(14-18)28-29-27-23)31-6-3-21(4-7-31)30-8-10-32(11-9-30)26(34)35-15-22-13-20(17-37-22)19-5-12-36-16-19/h1-2,5,12-14,16-17,21H,3-4,6-11,15H2,(H,27,28,29). The van der Waals surface area contributed by atoms with E-state index in [1.54, 1.807) is 28.7 Å². The van der Waals surface area contributed by atoms with Gasteiger partial charge in [0.25, 0.3) is 5.91 Å². The molecule has 2 aliphatic heterocycles. The Morgan fingerprint density at radius 3 is 2.59 bits per heavy atom. The van der Waals surface area contributed by atoms with E-state index in [-0.39, 0.29) is 12.0 Å². The van der Waals surface area contributed by atoms with Gasteiger partial charge in [0.1, 0.15) is 12.1 Å². The number of H-pyrrole nitrogens is 1. The van der Waals surface area contributed by atoms with Gasteiger partial charge in [-0.1, -0.05) is 5.21 Å². The Labute approximate surface area is 222 Å². The van der Waals surface area contributed by atoms with Crippen LogP contribution < -0.4 is 0 Å². The Hall–Kier alpha value is -3.28. The van der Waals surface area contributed by atoms with E-state index in [4.69, 9.17) is 4.74 Å². The molecule has 0 atom stereocenters. The zero-order chi connectivity index (χ0) is 25.2. The largest absolute Gasteiger partial charge is 0.444 e. The van der Waals surface area contributed by atoms with Gasteiger partial charge in [0.05, 0.1) is 5.52 Å². The summed E-state index contributed by atoms with van der Waals surface area (Å²) in [6, 6.07) is 10.1. The summed E-state index contributed by atoms with van der Waals surface area (Å²) >= 11 is 3.30. The molecule has 0 saturated carbocycles. The van der Waals surface area contributed by atoms with E-state index < -0.39 is 0 Å². The molecule has 0 bridgehead atoms. The molecule has 37 heavy (non-hydrogen) atoms. The number of hydrogen-bond acceptors (Lipinski definition) is 8. The summed E-state index contributed by atoms with van der Waals surface area (Å²) < 4.78 is 5.61. The highest BCUT2D eigenvalue weighted by Gasteiger charge is 2.31. The number of rotatable bonds is 5. The van der Waals surface area contributed by atoms with Crippen molar-refractivity contribution in [2.45, 2.75) is 25.5 Å². The second-order valence-electron chi connectivity index (χ2n) is 9.46. The summed E-state index contributed by atoms with van der Waals surface area (Å²) in [5, 5.41) is 16.9. The zero-order valence-electron chi connectivity index (χ0n) is 20.3. The lowest BCUT2D eigenvalue weighted by molar-refractivity contribution is 0.0396. The monoisotopic (exact) mass is 536 g/mol. The van der Waals surface area contributed by atoms with Crippen LogP contribution in [0, 0.1) is 0 Å². The van der Waals surface area contributed by atoms with Gasteiger partial charge < -0.3 is 14.5 Å². The summed E-state index contributed by atoms with van der Waals surface area (Å²) in [5.41, 5.74) is 4.56. The van der Waals surface area contributed by atoms with E-state index >= 15 is 0 Å². The van der Waals surface area contributed by atoms with Crippen LogP contribution in [0.3, 0.4) is 0 Å². The molecule has 2 saturated heterocycles. The van der Waals surface area contributed by atoms with Crippen molar-refractivity contribution in [2.75, 3.05) is 39.3 Å². The number of benzene rings is 1. The van der Waals surface area contributed by atoms with Crippen molar-refractivity contribution in [3.05, 3.63) is 56.9 Å². The third-order valence-electron chi connectivity index (χ3n) is 7.26. The minimum Gasteiger partial charge on any atom is -0.444 e. The molecule has 2 aliphatic rings. The predicted molar refractivity (Wildman–Crippen MR) is 144 cm³/mol. The van der Waals surface area contributed by atoms with Crippen LogP contribution in [-0.2, 0) is 11.3 Å². The normalized spacial score (nSPS) is 17.4. The molecule has 9 nitrogen and oxygen atoms in total. The van der Waals surface area contributed by atoms with Gasteiger partial charge in [-0.2, -0.15) is 11.3 Å². The van der Waals surface area contributed by atoms with Crippen molar-refractivity contribution < 1.29 is 14.3 Å². The van der Waals surface area contributed by atoms with Gasteiger partial charge >= 0.3 is 6.09 Å². The van der Waals surface area contributed by atoms with Crippen molar-refractivity contribution in [1.82, 2.24) is 30.1 Å². The minimum absolute atomic E-state index is 0.0455. The number of amides is 2. The van der Waals surface area contributed by atoms with E-state index in [1.807, 2.05) is 21.9 Å². The molecule has 0 radical (unpaired) electrons. The topological polar surface area (TPSA) is 94.7 Å². The summed E-state index contributed by atoms with van der Waals surface area (Å²) in [5.74, 6) is 0.0455. The van der Waals surface area contributed by atoms with Gasteiger partial charge in [-0.25, -0.2) is 4.79 Å². The van der Waals surface area contributed by atoms with Crippen LogP contribution in [-0.4, -0.2) is 87.4 Å². The summed E-state index contributed by atoms with van der Waals surface area (Å²) in [7, 11) is 0. The maximum absolute atomic E-state index is 13.0. The number of hydrogen-bond donors (Lipinski definition) is 1. The number of thiophene rings is 2. The quantitative estimate of drug-likeness (QED) is 0.409. The molecule has 5 heterocycles.